The quantitative estimate of drug-likeness (QED) is 0.576. The van der Waals surface area contributed by atoms with Gasteiger partial charge in [-0.3, -0.25) is 14.9 Å². The van der Waals surface area contributed by atoms with E-state index in [1.165, 1.54) is 16.0 Å². The second kappa shape index (κ2) is 9.21. The largest absolute Gasteiger partial charge is 0.452 e. The molecule has 0 saturated heterocycles. The molecular formula is C19H15Cl2N3O4S. The molecule has 0 aliphatic rings. The number of halogens is 2. The molecular weight excluding hydrogens is 437 g/mol. The third kappa shape index (κ3) is 5.03. The van der Waals surface area contributed by atoms with Gasteiger partial charge in [-0.1, -0.05) is 47.5 Å². The molecule has 29 heavy (non-hydrogen) atoms. The Bertz CT molecular complexity index is 1060. The monoisotopic (exact) mass is 451 g/mol. The van der Waals surface area contributed by atoms with Crippen molar-refractivity contribution in [3.05, 3.63) is 73.7 Å². The summed E-state index contributed by atoms with van der Waals surface area (Å²) in [6.45, 7) is 1.25. The Kier molecular flexibility index (Phi) is 6.68. The number of hydrogen-bond donors (Lipinski definition) is 1. The Hall–Kier alpha value is -2.68. The number of amides is 2. The first-order valence-electron chi connectivity index (χ1n) is 8.38. The number of thiophene rings is 1. The van der Waals surface area contributed by atoms with E-state index in [-0.39, 0.29) is 17.3 Å². The minimum Gasteiger partial charge on any atom is -0.452 e. The molecule has 7 nitrogen and oxygen atoms in total. The zero-order valence-corrected chi connectivity index (χ0v) is 17.5. The van der Waals surface area contributed by atoms with Crippen molar-refractivity contribution in [3.8, 4) is 0 Å². The first kappa shape index (κ1) is 21.0. The topological polar surface area (TPSA) is 90.3 Å². The van der Waals surface area contributed by atoms with Crippen molar-refractivity contribution in [1.82, 2.24) is 15.1 Å². The number of rotatable bonds is 6. The fourth-order valence-corrected chi connectivity index (χ4v) is 3.64. The molecule has 2 amide bonds. The smallest absolute Gasteiger partial charge is 0.343 e. The summed E-state index contributed by atoms with van der Waals surface area (Å²) in [6.07, 6.45) is 0. The predicted molar refractivity (Wildman–Crippen MR) is 110 cm³/mol. The lowest BCUT2D eigenvalue weighted by Crippen LogP contribution is -2.33. The lowest BCUT2D eigenvalue weighted by molar-refractivity contribution is -0.123. The molecule has 1 N–H and O–H groups in total. The minimum atomic E-state index is -0.809. The zero-order valence-electron chi connectivity index (χ0n) is 15.1. The van der Waals surface area contributed by atoms with Gasteiger partial charge in [0.2, 0.25) is 0 Å². The maximum atomic E-state index is 12.4. The molecule has 0 fully saturated rings. The van der Waals surface area contributed by atoms with E-state index in [1.54, 1.807) is 36.6 Å². The molecule has 3 aromatic rings. The van der Waals surface area contributed by atoms with E-state index in [1.807, 2.05) is 12.1 Å². The summed E-state index contributed by atoms with van der Waals surface area (Å²) in [4.78, 5) is 36.5. The molecule has 0 unspecified atom stereocenters. The molecule has 2 aromatic heterocycles. The Morgan fingerprint density at radius 2 is 1.93 bits per heavy atom. The van der Waals surface area contributed by atoms with E-state index >= 15 is 0 Å². The number of nitrogens with one attached hydrogen (secondary N) is 1. The Morgan fingerprint density at radius 3 is 2.62 bits per heavy atom. The fraction of sp³-hybridized carbons (Fsp3) is 0.158. The molecule has 0 radical (unpaired) electrons. The predicted octanol–water partition coefficient (Wildman–Crippen LogP) is 3.72. The number of aryl methyl sites for hydroxylation is 1. The van der Waals surface area contributed by atoms with E-state index in [9.17, 15) is 14.4 Å². The van der Waals surface area contributed by atoms with Gasteiger partial charge in [0.25, 0.3) is 11.8 Å². The summed E-state index contributed by atoms with van der Waals surface area (Å²) in [5, 5.41) is 8.73. The van der Waals surface area contributed by atoms with Gasteiger partial charge in [0.05, 0.1) is 17.1 Å². The molecule has 0 aliphatic carbocycles. The van der Waals surface area contributed by atoms with Crippen LogP contribution in [0.2, 0.25) is 10.2 Å². The summed E-state index contributed by atoms with van der Waals surface area (Å²) < 4.78 is 6.42. The number of carbonyl (C=O) groups excluding carboxylic acids is 3. The van der Waals surface area contributed by atoms with Crippen LogP contribution in [0, 0.1) is 6.92 Å². The number of imide groups is 1. The van der Waals surface area contributed by atoms with Crippen molar-refractivity contribution in [2.45, 2.75) is 13.5 Å². The fourth-order valence-electron chi connectivity index (χ4n) is 2.51. The van der Waals surface area contributed by atoms with Gasteiger partial charge in [0, 0.05) is 5.02 Å². The van der Waals surface area contributed by atoms with E-state index in [0.717, 1.165) is 5.56 Å². The Balaban J connectivity index is 1.63. The van der Waals surface area contributed by atoms with E-state index in [2.05, 4.69) is 10.4 Å². The van der Waals surface area contributed by atoms with Crippen molar-refractivity contribution in [1.29, 1.82) is 0 Å². The molecule has 150 valence electrons. The standard InChI is InChI=1S/C19H15Cl2N3O4S/c1-11-16(17(21)24(23-11)9-12-5-2-3-6-13(12)20)19(27)28-10-15(25)22-18(26)14-7-4-8-29-14/h2-8H,9-10H2,1H3,(H,22,25,26). The maximum absolute atomic E-state index is 12.4. The lowest BCUT2D eigenvalue weighted by atomic mass is 10.2. The summed E-state index contributed by atoms with van der Waals surface area (Å²) in [6, 6.07) is 10.5. The summed E-state index contributed by atoms with van der Waals surface area (Å²) >= 11 is 13.6. The molecule has 0 aliphatic heterocycles. The zero-order chi connectivity index (χ0) is 21.0. The first-order valence-corrected chi connectivity index (χ1v) is 10.0. The van der Waals surface area contributed by atoms with Crippen LogP contribution in [0.1, 0.15) is 31.3 Å². The SMILES string of the molecule is Cc1nn(Cc2ccccc2Cl)c(Cl)c1C(=O)OCC(=O)NC(=O)c1cccs1. The van der Waals surface area contributed by atoms with Crippen molar-refractivity contribution >= 4 is 52.3 Å². The average Bonchev–Trinajstić information content (AvgIpc) is 3.31. The Labute approximate surface area is 180 Å². The molecule has 2 heterocycles. The van der Waals surface area contributed by atoms with Crippen LogP contribution in [-0.2, 0) is 16.1 Å². The third-order valence-corrected chi connectivity index (χ3v) is 5.50. The van der Waals surface area contributed by atoms with Crippen LogP contribution < -0.4 is 5.32 Å². The molecule has 10 heteroatoms. The number of aromatic nitrogens is 2. The highest BCUT2D eigenvalue weighted by atomic mass is 35.5. The highest BCUT2D eigenvalue weighted by Gasteiger charge is 2.23. The highest BCUT2D eigenvalue weighted by molar-refractivity contribution is 7.12. The number of hydrogen-bond acceptors (Lipinski definition) is 6. The van der Waals surface area contributed by atoms with Crippen molar-refractivity contribution in [3.63, 3.8) is 0 Å². The van der Waals surface area contributed by atoms with Gasteiger partial charge >= 0.3 is 5.97 Å². The second-order valence-electron chi connectivity index (χ2n) is 5.93. The van der Waals surface area contributed by atoms with Gasteiger partial charge in [0.15, 0.2) is 6.61 Å². The number of benzene rings is 1. The van der Waals surface area contributed by atoms with Crippen LogP contribution in [0.5, 0.6) is 0 Å². The second-order valence-corrected chi connectivity index (χ2v) is 7.64. The van der Waals surface area contributed by atoms with Gasteiger partial charge < -0.3 is 4.74 Å². The van der Waals surface area contributed by atoms with Crippen molar-refractivity contribution in [2.24, 2.45) is 0 Å². The van der Waals surface area contributed by atoms with Crippen LogP contribution in [0.25, 0.3) is 0 Å². The minimum absolute atomic E-state index is 0.0519. The summed E-state index contributed by atoms with van der Waals surface area (Å²) in [5.74, 6) is -2.10. The number of carbonyl (C=O) groups is 3. The first-order chi connectivity index (χ1) is 13.9. The number of esters is 1. The molecule has 0 atom stereocenters. The van der Waals surface area contributed by atoms with E-state index < -0.39 is 24.4 Å². The molecule has 3 rings (SSSR count). The van der Waals surface area contributed by atoms with Gasteiger partial charge in [-0.25, -0.2) is 9.48 Å². The Morgan fingerprint density at radius 1 is 1.17 bits per heavy atom. The summed E-state index contributed by atoms with van der Waals surface area (Å²) in [7, 11) is 0. The van der Waals surface area contributed by atoms with Gasteiger partial charge in [-0.15, -0.1) is 11.3 Å². The molecule has 1 aromatic carbocycles. The van der Waals surface area contributed by atoms with Crippen LogP contribution in [0.3, 0.4) is 0 Å². The van der Waals surface area contributed by atoms with Gasteiger partial charge in [-0.05, 0) is 30.0 Å². The van der Waals surface area contributed by atoms with Crippen molar-refractivity contribution in [2.75, 3.05) is 6.61 Å². The number of ether oxygens (including phenoxy) is 1. The van der Waals surface area contributed by atoms with Crippen LogP contribution >= 0.6 is 34.5 Å². The van der Waals surface area contributed by atoms with Gasteiger partial charge in [0.1, 0.15) is 10.7 Å². The molecule has 0 bridgehead atoms. The lowest BCUT2D eigenvalue weighted by Gasteiger charge is -2.07. The molecule has 0 spiro atoms. The highest BCUT2D eigenvalue weighted by Crippen LogP contribution is 2.24. The third-order valence-electron chi connectivity index (χ3n) is 3.88. The van der Waals surface area contributed by atoms with Crippen LogP contribution in [0.15, 0.2) is 41.8 Å². The number of nitrogens with zero attached hydrogens (tertiary/aromatic N) is 2. The van der Waals surface area contributed by atoms with Crippen LogP contribution in [0.4, 0.5) is 0 Å². The van der Waals surface area contributed by atoms with Crippen molar-refractivity contribution < 1.29 is 19.1 Å². The maximum Gasteiger partial charge on any atom is 0.343 e. The average molecular weight is 452 g/mol. The van der Waals surface area contributed by atoms with Crippen LogP contribution in [-0.4, -0.2) is 34.2 Å². The summed E-state index contributed by atoms with van der Waals surface area (Å²) in [5.41, 5.74) is 1.18. The van der Waals surface area contributed by atoms with E-state index in [4.69, 9.17) is 27.9 Å². The van der Waals surface area contributed by atoms with E-state index in [0.29, 0.717) is 15.6 Å². The van der Waals surface area contributed by atoms with Gasteiger partial charge in [-0.2, -0.15) is 5.10 Å². The molecule has 0 saturated carbocycles. The normalized spacial score (nSPS) is 10.6.